The Labute approximate surface area is 114 Å². The summed E-state index contributed by atoms with van der Waals surface area (Å²) in [6.45, 7) is 1.62. The van der Waals surface area contributed by atoms with Crippen LogP contribution in [-0.4, -0.2) is 67.2 Å². The highest BCUT2D eigenvalue weighted by Gasteiger charge is 2.25. The largest absolute Gasteiger partial charge is 0.481 e. The van der Waals surface area contributed by atoms with E-state index in [1.807, 2.05) is 14.1 Å². The number of rotatable bonds is 6. The van der Waals surface area contributed by atoms with E-state index in [0.717, 1.165) is 13.0 Å². The molecule has 108 valence electrons. The number of hydrogen-bond donors (Lipinski definition) is 2. The second kappa shape index (κ2) is 7.13. The Bertz CT molecular complexity index is 355. The van der Waals surface area contributed by atoms with Gasteiger partial charge in [-0.1, -0.05) is 12.2 Å². The van der Waals surface area contributed by atoms with Crippen molar-refractivity contribution in [3.8, 4) is 0 Å². The molecule has 0 aliphatic heterocycles. The van der Waals surface area contributed by atoms with Crippen molar-refractivity contribution in [2.45, 2.75) is 18.9 Å². The number of hydrogen-bond acceptors (Lipinski definition) is 3. The second-order valence-corrected chi connectivity index (χ2v) is 5.20. The summed E-state index contributed by atoms with van der Waals surface area (Å²) in [6, 6.07) is -0.329. The van der Waals surface area contributed by atoms with Gasteiger partial charge in [-0.15, -0.1) is 0 Å². The number of urea groups is 1. The van der Waals surface area contributed by atoms with Crippen molar-refractivity contribution in [1.29, 1.82) is 0 Å². The predicted octanol–water partition coefficient (Wildman–Crippen LogP) is 0.609. The molecule has 6 nitrogen and oxygen atoms in total. The topological polar surface area (TPSA) is 72.9 Å². The molecule has 0 bridgehead atoms. The molecule has 0 aromatic heterocycles. The number of aliphatic carboxylic acids is 1. The zero-order chi connectivity index (χ0) is 14.4. The average molecular weight is 269 g/mol. The first-order valence-electron chi connectivity index (χ1n) is 6.47. The third-order valence-electron chi connectivity index (χ3n) is 3.16. The Hall–Kier alpha value is -1.56. The van der Waals surface area contributed by atoms with Gasteiger partial charge < -0.3 is 20.2 Å². The normalized spacial score (nSPS) is 21.7. The van der Waals surface area contributed by atoms with Gasteiger partial charge >= 0.3 is 12.0 Å². The molecule has 2 amide bonds. The lowest BCUT2D eigenvalue weighted by atomic mass is 10.1. The number of carboxylic acids is 1. The van der Waals surface area contributed by atoms with Crippen molar-refractivity contribution in [3.63, 3.8) is 0 Å². The van der Waals surface area contributed by atoms with Crippen LogP contribution in [-0.2, 0) is 4.79 Å². The summed E-state index contributed by atoms with van der Waals surface area (Å²) in [6.07, 6.45) is 4.74. The highest BCUT2D eigenvalue weighted by molar-refractivity contribution is 5.76. The van der Waals surface area contributed by atoms with Crippen molar-refractivity contribution < 1.29 is 14.7 Å². The van der Waals surface area contributed by atoms with Crippen molar-refractivity contribution in [1.82, 2.24) is 15.1 Å². The van der Waals surface area contributed by atoms with Crippen LogP contribution in [0.3, 0.4) is 0 Å². The van der Waals surface area contributed by atoms with E-state index in [1.54, 1.807) is 24.1 Å². The highest BCUT2D eigenvalue weighted by atomic mass is 16.4. The number of carbonyl (C=O) groups excluding carboxylic acids is 1. The van der Waals surface area contributed by atoms with Gasteiger partial charge in [0.1, 0.15) is 0 Å². The number of carboxylic acid groups (broad SMARTS) is 1. The van der Waals surface area contributed by atoms with E-state index < -0.39 is 11.9 Å². The maximum Gasteiger partial charge on any atom is 0.317 e. The number of amides is 2. The van der Waals surface area contributed by atoms with Crippen LogP contribution in [0.4, 0.5) is 4.79 Å². The molecule has 1 aliphatic rings. The van der Waals surface area contributed by atoms with Gasteiger partial charge in [-0.25, -0.2) is 4.79 Å². The lowest BCUT2D eigenvalue weighted by Gasteiger charge is -2.21. The minimum absolute atomic E-state index is 0.153. The number of carbonyl (C=O) groups is 2. The summed E-state index contributed by atoms with van der Waals surface area (Å²) in [5, 5.41) is 11.7. The fraction of sp³-hybridized carbons (Fsp3) is 0.692. The van der Waals surface area contributed by atoms with Crippen molar-refractivity contribution >= 4 is 12.0 Å². The molecular formula is C13H23N3O3. The molecule has 0 fully saturated rings. The van der Waals surface area contributed by atoms with Crippen LogP contribution in [0.2, 0.25) is 0 Å². The van der Waals surface area contributed by atoms with E-state index in [0.29, 0.717) is 13.0 Å². The van der Waals surface area contributed by atoms with Crippen molar-refractivity contribution in [2.24, 2.45) is 5.92 Å². The zero-order valence-electron chi connectivity index (χ0n) is 11.8. The molecule has 0 radical (unpaired) electrons. The Morgan fingerprint density at radius 2 is 1.95 bits per heavy atom. The first kappa shape index (κ1) is 15.5. The molecule has 0 aromatic rings. The van der Waals surface area contributed by atoms with E-state index in [2.05, 4.69) is 10.2 Å². The molecule has 1 rings (SSSR count). The van der Waals surface area contributed by atoms with Gasteiger partial charge in [0.2, 0.25) is 0 Å². The Kier molecular flexibility index (Phi) is 5.82. The van der Waals surface area contributed by atoms with Gasteiger partial charge in [-0.3, -0.25) is 4.79 Å². The van der Waals surface area contributed by atoms with Crippen molar-refractivity contribution in [3.05, 3.63) is 12.2 Å². The number of nitrogens with one attached hydrogen (secondary N) is 1. The van der Waals surface area contributed by atoms with Crippen LogP contribution in [0.15, 0.2) is 12.2 Å². The highest BCUT2D eigenvalue weighted by Crippen LogP contribution is 2.17. The molecule has 0 heterocycles. The smallest absolute Gasteiger partial charge is 0.317 e. The van der Waals surface area contributed by atoms with Crippen molar-refractivity contribution in [2.75, 3.05) is 34.2 Å². The Morgan fingerprint density at radius 1 is 1.26 bits per heavy atom. The first-order chi connectivity index (χ1) is 8.90. The monoisotopic (exact) mass is 269 g/mol. The quantitative estimate of drug-likeness (QED) is 0.693. The molecule has 2 unspecified atom stereocenters. The van der Waals surface area contributed by atoms with E-state index in [-0.39, 0.29) is 12.1 Å². The summed E-state index contributed by atoms with van der Waals surface area (Å²) in [5.41, 5.74) is 0. The lowest BCUT2D eigenvalue weighted by Crippen LogP contribution is -2.42. The molecular weight excluding hydrogens is 246 g/mol. The Balaban J connectivity index is 2.27. The van der Waals surface area contributed by atoms with Crippen LogP contribution in [0.1, 0.15) is 12.8 Å². The third-order valence-corrected chi connectivity index (χ3v) is 3.16. The maximum atomic E-state index is 11.9. The third kappa shape index (κ3) is 5.30. The minimum atomic E-state index is -0.840. The summed E-state index contributed by atoms with van der Waals surface area (Å²) < 4.78 is 0. The first-order valence-corrected chi connectivity index (χ1v) is 6.47. The van der Waals surface area contributed by atoms with Crippen LogP contribution in [0.5, 0.6) is 0 Å². The SMILES string of the molecule is CN(C)CCCN(C)C(=O)NC1C=CC(C(=O)O)C1. The van der Waals surface area contributed by atoms with Gasteiger partial charge in [0.15, 0.2) is 0 Å². The summed E-state index contributed by atoms with van der Waals surface area (Å²) in [5.74, 6) is -1.32. The molecule has 0 saturated heterocycles. The second-order valence-electron chi connectivity index (χ2n) is 5.20. The fourth-order valence-electron chi connectivity index (χ4n) is 1.98. The molecule has 19 heavy (non-hydrogen) atoms. The van der Waals surface area contributed by atoms with E-state index in [4.69, 9.17) is 5.11 Å². The zero-order valence-corrected chi connectivity index (χ0v) is 11.8. The van der Waals surface area contributed by atoms with E-state index >= 15 is 0 Å². The van der Waals surface area contributed by atoms with Gasteiger partial charge in [0.25, 0.3) is 0 Å². The van der Waals surface area contributed by atoms with Gasteiger partial charge in [-0.05, 0) is 33.5 Å². The average Bonchev–Trinajstić information content (AvgIpc) is 2.76. The molecule has 6 heteroatoms. The molecule has 0 spiro atoms. The summed E-state index contributed by atoms with van der Waals surface area (Å²) in [7, 11) is 5.74. The predicted molar refractivity (Wildman–Crippen MR) is 73.0 cm³/mol. The van der Waals surface area contributed by atoms with Crippen LogP contribution in [0, 0.1) is 5.92 Å². The van der Waals surface area contributed by atoms with Gasteiger partial charge in [-0.2, -0.15) is 0 Å². The summed E-state index contributed by atoms with van der Waals surface area (Å²) >= 11 is 0. The van der Waals surface area contributed by atoms with E-state index in [1.165, 1.54) is 0 Å². The molecule has 0 saturated carbocycles. The molecule has 0 aromatic carbocycles. The molecule has 2 atom stereocenters. The lowest BCUT2D eigenvalue weighted by molar-refractivity contribution is -0.140. The fourth-order valence-corrected chi connectivity index (χ4v) is 1.98. The standard InChI is InChI=1S/C13H23N3O3/c1-15(2)7-4-8-16(3)13(19)14-11-6-5-10(9-11)12(17)18/h5-6,10-11H,4,7-9H2,1-3H3,(H,14,19)(H,17,18). The van der Waals surface area contributed by atoms with Crippen LogP contribution in [0.25, 0.3) is 0 Å². The van der Waals surface area contributed by atoms with Gasteiger partial charge in [0.05, 0.1) is 12.0 Å². The maximum absolute atomic E-state index is 11.9. The molecule has 1 aliphatic carbocycles. The Morgan fingerprint density at radius 3 is 2.47 bits per heavy atom. The van der Waals surface area contributed by atoms with Crippen LogP contribution < -0.4 is 5.32 Å². The van der Waals surface area contributed by atoms with Gasteiger partial charge in [0, 0.05) is 13.6 Å². The minimum Gasteiger partial charge on any atom is -0.481 e. The van der Waals surface area contributed by atoms with E-state index in [9.17, 15) is 9.59 Å². The van der Waals surface area contributed by atoms with Crippen LogP contribution >= 0.6 is 0 Å². The number of nitrogens with zero attached hydrogens (tertiary/aromatic N) is 2. The molecule has 2 N–H and O–H groups in total. The summed E-state index contributed by atoms with van der Waals surface area (Å²) in [4.78, 5) is 26.4.